The second kappa shape index (κ2) is 9.92. The summed E-state index contributed by atoms with van der Waals surface area (Å²) in [5.41, 5.74) is 4.92. The molecule has 0 aliphatic carbocycles. The van der Waals surface area contributed by atoms with E-state index in [4.69, 9.17) is 5.73 Å². The SMILES string of the molecule is C=CCCCCCC(N)F.Cl. The number of unbranched alkanes of at least 4 members (excludes halogenated alkanes) is 3. The molecular weight excluding hydrogens is 165 g/mol. The summed E-state index contributed by atoms with van der Waals surface area (Å²) < 4.78 is 12.0. The van der Waals surface area contributed by atoms with Crippen LogP contribution in [0.15, 0.2) is 12.7 Å². The minimum Gasteiger partial charge on any atom is -0.302 e. The number of hydrogen-bond donors (Lipinski definition) is 1. The first-order valence-electron chi connectivity index (χ1n) is 3.78. The molecule has 11 heavy (non-hydrogen) atoms. The van der Waals surface area contributed by atoms with Crippen molar-refractivity contribution >= 4 is 12.4 Å². The Bertz CT molecular complexity index is 86.2. The van der Waals surface area contributed by atoms with Crippen LogP contribution in [-0.2, 0) is 0 Å². The first kappa shape index (κ1) is 13.5. The molecule has 2 N–H and O–H groups in total. The average molecular weight is 182 g/mol. The van der Waals surface area contributed by atoms with Crippen molar-refractivity contribution in [2.75, 3.05) is 0 Å². The predicted molar refractivity (Wildman–Crippen MR) is 49.6 cm³/mol. The highest BCUT2D eigenvalue weighted by Crippen LogP contribution is 2.04. The maximum absolute atomic E-state index is 12.0. The largest absolute Gasteiger partial charge is 0.302 e. The van der Waals surface area contributed by atoms with Gasteiger partial charge in [-0.15, -0.1) is 19.0 Å². The van der Waals surface area contributed by atoms with Crippen LogP contribution in [0.4, 0.5) is 4.39 Å². The first-order chi connectivity index (χ1) is 4.77. The number of rotatable bonds is 6. The van der Waals surface area contributed by atoms with E-state index in [1.54, 1.807) is 0 Å². The smallest absolute Gasteiger partial charge is 0.148 e. The Morgan fingerprint density at radius 3 is 2.45 bits per heavy atom. The third kappa shape index (κ3) is 13.0. The lowest BCUT2D eigenvalue weighted by Gasteiger charge is -1.99. The normalized spacial score (nSPS) is 11.8. The molecular formula is C8H17ClFN. The lowest BCUT2D eigenvalue weighted by molar-refractivity contribution is 0.314. The maximum atomic E-state index is 12.0. The molecule has 0 spiro atoms. The van der Waals surface area contributed by atoms with Crippen molar-refractivity contribution in [3.05, 3.63) is 12.7 Å². The Kier molecular flexibility index (Phi) is 12.2. The van der Waals surface area contributed by atoms with Gasteiger partial charge < -0.3 is 5.73 Å². The average Bonchev–Trinajstić information content (AvgIpc) is 1.87. The molecule has 0 fully saturated rings. The highest BCUT2D eigenvalue weighted by Gasteiger charge is 1.95. The van der Waals surface area contributed by atoms with Gasteiger partial charge in [-0.3, -0.25) is 0 Å². The van der Waals surface area contributed by atoms with E-state index in [2.05, 4.69) is 6.58 Å². The molecule has 0 heterocycles. The molecule has 1 nitrogen and oxygen atoms in total. The topological polar surface area (TPSA) is 26.0 Å². The molecule has 1 atom stereocenters. The molecule has 0 aromatic rings. The molecule has 0 saturated heterocycles. The van der Waals surface area contributed by atoms with E-state index in [-0.39, 0.29) is 12.4 Å². The summed E-state index contributed by atoms with van der Waals surface area (Å²) in [5, 5.41) is 0. The zero-order valence-electron chi connectivity index (χ0n) is 6.76. The Morgan fingerprint density at radius 1 is 1.36 bits per heavy atom. The van der Waals surface area contributed by atoms with Gasteiger partial charge in [-0.25, -0.2) is 4.39 Å². The number of alkyl halides is 1. The molecule has 0 aliphatic rings. The van der Waals surface area contributed by atoms with Gasteiger partial charge in [0.1, 0.15) is 6.30 Å². The van der Waals surface area contributed by atoms with E-state index in [0.717, 1.165) is 25.7 Å². The van der Waals surface area contributed by atoms with Crippen LogP contribution in [0.5, 0.6) is 0 Å². The van der Waals surface area contributed by atoms with Crippen LogP contribution in [0.2, 0.25) is 0 Å². The van der Waals surface area contributed by atoms with Gasteiger partial charge in [0.25, 0.3) is 0 Å². The van der Waals surface area contributed by atoms with Gasteiger partial charge in [-0.2, -0.15) is 0 Å². The standard InChI is InChI=1S/C8H16FN.ClH/c1-2-3-4-5-6-7-8(9)10;/h2,8H,1,3-7,10H2;1H. The van der Waals surface area contributed by atoms with Crippen LogP contribution >= 0.6 is 12.4 Å². The summed E-state index contributed by atoms with van der Waals surface area (Å²) in [6.07, 6.45) is 5.35. The lowest BCUT2D eigenvalue weighted by Crippen LogP contribution is -2.11. The summed E-state index contributed by atoms with van der Waals surface area (Å²) >= 11 is 0. The fourth-order valence-corrected chi connectivity index (χ4v) is 0.805. The minimum absolute atomic E-state index is 0. The van der Waals surface area contributed by atoms with Crippen LogP contribution < -0.4 is 5.73 Å². The molecule has 68 valence electrons. The van der Waals surface area contributed by atoms with Crippen LogP contribution in [0, 0.1) is 0 Å². The Labute approximate surface area is 74.3 Å². The zero-order chi connectivity index (χ0) is 7.82. The van der Waals surface area contributed by atoms with Crippen molar-refractivity contribution < 1.29 is 4.39 Å². The third-order valence-corrected chi connectivity index (χ3v) is 1.39. The molecule has 0 aliphatic heterocycles. The van der Waals surface area contributed by atoms with Crippen molar-refractivity contribution in [1.29, 1.82) is 0 Å². The molecule has 0 radical (unpaired) electrons. The summed E-state index contributed by atoms with van der Waals surface area (Å²) in [5.74, 6) is 0. The van der Waals surface area contributed by atoms with E-state index in [9.17, 15) is 4.39 Å². The highest BCUT2D eigenvalue weighted by atomic mass is 35.5. The van der Waals surface area contributed by atoms with Gasteiger partial charge >= 0.3 is 0 Å². The molecule has 3 heteroatoms. The molecule has 0 amide bonds. The Morgan fingerprint density at radius 2 is 2.00 bits per heavy atom. The number of allylic oxidation sites excluding steroid dienone is 1. The van der Waals surface area contributed by atoms with Crippen molar-refractivity contribution in [1.82, 2.24) is 0 Å². The molecule has 0 saturated carbocycles. The lowest BCUT2D eigenvalue weighted by atomic mass is 10.1. The summed E-state index contributed by atoms with van der Waals surface area (Å²) in [6, 6.07) is 0. The van der Waals surface area contributed by atoms with Crippen LogP contribution in [0.25, 0.3) is 0 Å². The highest BCUT2D eigenvalue weighted by molar-refractivity contribution is 5.85. The van der Waals surface area contributed by atoms with E-state index in [1.807, 2.05) is 6.08 Å². The fourth-order valence-electron chi connectivity index (χ4n) is 0.805. The van der Waals surface area contributed by atoms with Gasteiger partial charge in [0.2, 0.25) is 0 Å². The van der Waals surface area contributed by atoms with Gasteiger partial charge in [-0.05, 0) is 25.7 Å². The third-order valence-electron chi connectivity index (χ3n) is 1.39. The van der Waals surface area contributed by atoms with Crippen molar-refractivity contribution in [3.63, 3.8) is 0 Å². The fraction of sp³-hybridized carbons (Fsp3) is 0.750. The minimum atomic E-state index is -1.12. The zero-order valence-corrected chi connectivity index (χ0v) is 7.58. The van der Waals surface area contributed by atoms with Gasteiger partial charge in [0.15, 0.2) is 0 Å². The Balaban J connectivity index is 0. The maximum Gasteiger partial charge on any atom is 0.148 e. The monoisotopic (exact) mass is 181 g/mol. The quantitative estimate of drug-likeness (QED) is 0.381. The molecule has 0 aromatic carbocycles. The van der Waals surface area contributed by atoms with Gasteiger partial charge in [0, 0.05) is 0 Å². The van der Waals surface area contributed by atoms with Gasteiger partial charge in [0.05, 0.1) is 0 Å². The van der Waals surface area contributed by atoms with Crippen molar-refractivity contribution in [3.8, 4) is 0 Å². The summed E-state index contributed by atoms with van der Waals surface area (Å²) in [7, 11) is 0. The summed E-state index contributed by atoms with van der Waals surface area (Å²) in [4.78, 5) is 0. The Hall–Kier alpha value is -0.0800. The van der Waals surface area contributed by atoms with E-state index in [1.165, 1.54) is 0 Å². The van der Waals surface area contributed by atoms with Crippen LogP contribution in [0.3, 0.4) is 0 Å². The van der Waals surface area contributed by atoms with Crippen LogP contribution in [0.1, 0.15) is 32.1 Å². The molecule has 0 rings (SSSR count). The predicted octanol–water partition coefficient (Wildman–Crippen LogP) is 2.80. The second-order valence-electron chi connectivity index (χ2n) is 2.44. The number of halogens is 2. The van der Waals surface area contributed by atoms with Gasteiger partial charge in [-0.1, -0.05) is 12.5 Å². The molecule has 0 aromatic heterocycles. The molecule has 1 unspecified atom stereocenters. The number of nitrogens with two attached hydrogens (primary N) is 1. The van der Waals surface area contributed by atoms with Crippen molar-refractivity contribution in [2.24, 2.45) is 5.73 Å². The van der Waals surface area contributed by atoms with E-state index >= 15 is 0 Å². The van der Waals surface area contributed by atoms with E-state index < -0.39 is 6.30 Å². The first-order valence-corrected chi connectivity index (χ1v) is 3.78. The van der Waals surface area contributed by atoms with E-state index in [0.29, 0.717) is 6.42 Å². The van der Waals surface area contributed by atoms with Crippen molar-refractivity contribution in [2.45, 2.75) is 38.4 Å². The number of hydrogen-bond acceptors (Lipinski definition) is 1. The van der Waals surface area contributed by atoms with Crippen LogP contribution in [-0.4, -0.2) is 6.30 Å². The second-order valence-corrected chi connectivity index (χ2v) is 2.44. The molecule has 0 bridgehead atoms. The summed E-state index contributed by atoms with van der Waals surface area (Å²) in [6.45, 7) is 3.59.